The van der Waals surface area contributed by atoms with Gasteiger partial charge in [-0.2, -0.15) is 13.2 Å². The van der Waals surface area contributed by atoms with Crippen molar-refractivity contribution in [1.82, 2.24) is 15.2 Å². The highest BCUT2D eigenvalue weighted by atomic mass is 19.4. The summed E-state index contributed by atoms with van der Waals surface area (Å²) >= 11 is 0. The van der Waals surface area contributed by atoms with Crippen molar-refractivity contribution in [2.24, 2.45) is 5.92 Å². The van der Waals surface area contributed by atoms with Crippen LogP contribution in [-0.4, -0.2) is 57.1 Å². The largest absolute Gasteiger partial charge is 0.490 e. The molecule has 2 heterocycles. The van der Waals surface area contributed by atoms with Crippen LogP contribution in [0.5, 0.6) is 0 Å². The van der Waals surface area contributed by atoms with Crippen molar-refractivity contribution in [3.8, 4) is 0 Å². The highest BCUT2D eigenvalue weighted by Crippen LogP contribution is 2.44. The van der Waals surface area contributed by atoms with Crippen LogP contribution in [0.15, 0.2) is 18.5 Å². The molecule has 1 aromatic heterocycles. The summed E-state index contributed by atoms with van der Waals surface area (Å²) in [6.07, 6.45) is 6.52. The van der Waals surface area contributed by atoms with Gasteiger partial charge in [-0.25, -0.2) is 4.79 Å². The van der Waals surface area contributed by atoms with E-state index in [1.807, 2.05) is 13.0 Å². The van der Waals surface area contributed by atoms with E-state index in [4.69, 9.17) is 9.90 Å². The first-order valence-electron chi connectivity index (χ1n) is 10.8. The normalized spacial score (nSPS) is 25.3. The van der Waals surface area contributed by atoms with Crippen LogP contribution in [0.25, 0.3) is 0 Å². The molecule has 1 saturated heterocycles. The molecule has 4 rings (SSSR count). The number of hydrogen-bond acceptors (Lipinski definition) is 4. The van der Waals surface area contributed by atoms with Crippen molar-refractivity contribution >= 4 is 17.8 Å². The Balaban J connectivity index is 0.000000360. The Morgan fingerprint density at radius 3 is 2.34 bits per heavy atom. The highest BCUT2D eigenvalue weighted by Gasteiger charge is 2.48. The molecular weight excluding hydrogens is 427 g/mol. The quantitative estimate of drug-likeness (QED) is 0.724. The summed E-state index contributed by atoms with van der Waals surface area (Å²) in [5.41, 5.74) is 1.70. The lowest BCUT2D eigenvalue weighted by atomic mass is 9.77. The molecule has 3 aliphatic rings. The maximum Gasteiger partial charge on any atom is 0.490 e. The number of carboxylic acids is 1. The second-order valence-corrected chi connectivity index (χ2v) is 8.97. The number of rotatable bonds is 4. The second kappa shape index (κ2) is 9.46. The Bertz CT molecular complexity index is 862. The van der Waals surface area contributed by atoms with Gasteiger partial charge in [0.15, 0.2) is 0 Å². The molecule has 0 unspecified atom stereocenters. The van der Waals surface area contributed by atoms with Gasteiger partial charge in [-0.15, -0.1) is 0 Å². The number of amides is 2. The minimum atomic E-state index is -5.08. The Morgan fingerprint density at radius 1 is 1.19 bits per heavy atom. The molecule has 0 aromatic carbocycles. The summed E-state index contributed by atoms with van der Waals surface area (Å²) in [6, 6.07) is 2.08. The minimum Gasteiger partial charge on any atom is -0.475 e. The maximum atomic E-state index is 12.4. The van der Waals surface area contributed by atoms with Gasteiger partial charge in [0.25, 0.3) is 5.91 Å². The molecule has 2 N–H and O–H groups in total. The molecule has 1 aliphatic heterocycles. The van der Waals surface area contributed by atoms with Crippen LogP contribution in [0, 0.1) is 12.8 Å². The number of halogens is 3. The SMILES string of the molecule is Cc1cncc(C(=O)NC2CCC3(CCC(=O)N3CC3CC3)CC2)c1.O=C(O)C(F)(F)F. The van der Waals surface area contributed by atoms with E-state index in [0.29, 0.717) is 17.9 Å². The fourth-order valence-corrected chi connectivity index (χ4v) is 4.50. The van der Waals surface area contributed by atoms with Crippen molar-refractivity contribution in [3.05, 3.63) is 29.6 Å². The molecule has 10 heteroatoms. The van der Waals surface area contributed by atoms with E-state index in [0.717, 1.165) is 50.1 Å². The third kappa shape index (κ3) is 5.98. The van der Waals surface area contributed by atoms with Crippen LogP contribution in [0.1, 0.15) is 67.3 Å². The van der Waals surface area contributed by atoms with Gasteiger partial charge in [-0.05, 0) is 69.4 Å². The summed E-state index contributed by atoms with van der Waals surface area (Å²) in [7, 11) is 0. The topological polar surface area (TPSA) is 99.6 Å². The molecule has 3 fully saturated rings. The summed E-state index contributed by atoms with van der Waals surface area (Å²) in [4.78, 5) is 40.0. The van der Waals surface area contributed by atoms with Crippen LogP contribution in [-0.2, 0) is 9.59 Å². The number of carboxylic acid groups (broad SMARTS) is 1. The van der Waals surface area contributed by atoms with Gasteiger partial charge in [-0.3, -0.25) is 14.6 Å². The smallest absolute Gasteiger partial charge is 0.475 e. The number of carbonyl (C=O) groups is 3. The van der Waals surface area contributed by atoms with E-state index in [9.17, 15) is 22.8 Å². The van der Waals surface area contributed by atoms with Crippen LogP contribution in [0.4, 0.5) is 13.2 Å². The predicted molar refractivity (Wildman–Crippen MR) is 109 cm³/mol. The first-order valence-corrected chi connectivity index (χ1v) is 10.8. The van der Waals surface area contributed by atoms with Gasteiger partial charge in [0.2, 0.25) is 5.91 Å². The standard InChI is InChI=1S/C20H27N3O2.C2HF3O2/c1-14-10-16(12-21-11-14)19(25)22-17-4-7-20(8-5-17)9-6-18(24)23(20)13-15-2-3-15;3-2(4,5)1(6)7/h10-12,15,17H,2-9,13H2,1H3,(H,22,25);(H,6,7). The average Bonchev–Trinajstić information content (AvgIpc) is 3.50. The Hall–Kier alpha value is -2.65. The van der Waals surface area contributed by atoms with E-state index in [-0.39, 0.29) is 17.5 Å². The Morgan fingerprint density at radius 2 is 1.81 bits per heavy atom. The fourth-order valence-electron chi connectivity index (χ4n) is 4.50. The Labute approximate surface area is 184 Å². The van der Waals surface area contributed by atoms with E-state index in [1.165, 1.54) is 12.8 Å². The molecule has 2 aliphatic carbocycles. The van der Waals surface area contributed by atoms with Crippen molar-refractivity contribution < 1.29 is 32.7 Å². The molecule has 0 radical (unpaired) electrons. The lowest BCUT2D eigenvalue weighted by Gasteiger charge is -2.44. The third-order valence-corrected chi connectivity index (χ3v) is 6.45. The zero-order chi connectivity index (χ0) is 23.5. The number of carbonyl (C=O) groups excluding carboxylic acids is 2. The number of pyridine rings is 1. The van der Waals surface area contributed by atoms with Crippen LogP contribution >= 0.6 is 0 Å². The summed E-state index contributed by atoms with van der Waals surface area (Å²) in [6.45, 7) is 2.91. The van der Waals surface area contributed by atoms with Crippen LogP contribution in [0.3, 0.4) is 0 Å². The molecule has 2 saturated carbocycles. The molecular formula is C22H28F3N3O4. The van der Waals surface area contributed by atoms with Gasteiger partial charge in [0.1, 0.15) is 0 Å². The average molecular weight is 455 g/mol. The van der Waals surface area contributed by atoms with E-state index < -0.39 is 12.1 Å². The monoisotopic (exact) mass is 455 g/mol. The van der Waals surface area contributed by atoms with Gasteiger partial charge in [0.05, 0.1) is 5.56 Å². The summed E-state index contributed by atoms with van der Waals surface area (Å²) in [5.74, 6) is -1.70. The predicted octanol–water partition coefficient (Wildman–Crippen LogP) is 3.47. The summed E-state index contributed by atoms with van der Waals surface area (Å²) < 4.78 is 31.7. The molecule has 176 valence electrons. The minimum absolute atomic E-state index is 0.0329. The molecule has 0 atom stereocenters. The number of nitrogens with zero attached hydrogens (tertiary/aromatic N) is 2. The van der Waals surface area contributed by atoms with Crippen molar-refractivity contribution in [1.29, 1.82) is 0 Å². The fraction of sp³-hybridized carbons (Fsp3) is 0.636. The van der Waals surface area contributed by atoms with Gasteiger partial charge in [-0.1, -0.05) is 0 Å². The molecule has 2 amide bonds. The number of aryl methyl sites for hydroxylation is 1. The molecule has 1 aromatic rings. The lowest BCUT2D eigenvalue weighted by Crippen LogP contribution is -2.51. The maximum absolute atomic E-state index is 12.4. The second-order valence-electron chi connectivity index (χ2n) is 8.97. The highest BCUT2D eigenvalue weighted by molar-refractivity contribution is 5.94. The Kier molecular flexibility index (Phi) is 7.09. The third-order valence-electron chi connectivity index (χ3n) is 6.45. The number of likely N-dealkylation sites (tertiary alicyclic amines) is 1. The van der Waals surface area contributed by atoms with Gasteiger partial charge in [0, 0.05) is 36.9 Å². The molecule has 1 spiro atoms. The number of hydrogen-bond donors (Lipinski definition) is 2. The number of alkyl halides is 3. The zero-order valence-corrected chi connectivity index (χ0v) is 18.0. The van der Waals surface area contributed by atoms with Crippen molar-refractivity contribution in [2.75, 3.05) is 6.54 Å². The van der Waals surface area contributed by atoms with Crippen LogP contribution in [0.2, 0.25) is 0 Å². The molecule has 0 bridgehead atoms. The number of nitrogens with one attached hydrogen (secondary N) is 1. The van der Waals surface area contributed by atoms with Crippen molar-refractivity contribution in [3.63, 3.8) is 0 Å². The zero-order valence-electron chi connectivity index (χ0n) is 18.0. The lowest BCUT2D eigenvalue weighted by molar-refractivity contribution is -0.192. The first-order chi connectivity index (χ1) is 15.0. The number of aromatic nitrogens is 1. The number of aliphatic carboxylic acids is 1. The molecule has 32 heavy (non-hydrogen) atoms. The van der Waals surface area contributed by atoms with Gasteiger partial charge < -0.3 is 15.3 Å². The summed E-state index contributed by atoms with van der Waals surface area (Å²) in [5, 5.41) is 10.3. The molecule has 7 nitrogen and oxygen atoms in total. The van der Waals surface area contributed by atoms with E-state index >= 15 is 0 Å². The van der Waals surface area contributed by atoms with Crippen LogP contribution < -0.4 is 5.32 Å². The van der Waals surface area contributed by atoms with E-state index in [1.54, 1.807) is 12.4 Å². The van der Waals surface area contributed by atoms with Crippen molar-refractivity contribution in [2.45, 2.75) is 76.0 Å². The first kappa shape index (κ1) is 24.0. The van der Waals surface area contributed by atoms with E-state index in [2.05, 4.69) is 15.2 Å². The van der Waals surface area contributed by atoms with Gasteiger partial charge >= 0.3 is 12.1 Å².